The van der Waals surface area contributed by atoms with Crippen molar-refractivity contribution >= 4 is 0 Å². The summed E-state index contributed by atoms with van der Waals surface area (Å²) in [7, 11) is 3.52. The molecule has 0 aromatic carbocycles. The van der Waals surface area contributed by atoms with Gasteiger partial charge >= 0.3 is 0 Å². The number of ether oxygens (including phenoxy) is 2. The largest absolute Gasteiger partial charge is 0.335 e. The molecule has 1 rings (SSSR count). The molecule has 1 aliphatic heterocycles. The molecule has 0 aromatic heterocycles. The Morgan fingerprint density at radius 1 is 1.00 bits per heavy atom. The van der Waals surface area contributed by atoms with Gasteiger partial charge in [-0.1, -0.05) is 0 Å². The van der Waals surface area contributed by atoms with Crippen LogP contribution < -0.4 is 0 Å². The smallest absolute Gasteiger partial charge is 0.184 e. The molecule has 0 aromatic rings. The van der Waals surface area contributed by atoms with Gasteiger partial charge in [0.15, 0.2) is 13.5 Å². The summed E-state index contributed by atoms with van der Waals surface area (Å²) >= 11 is 0. The fourth-order valence-corrected chi connectivity index (χ4v) is 1.85. The average Bonchev–Trinajstić information content (AvgIpc) is 2.39. The summed E-state index contributed by atoms with van der Waals surface area (Å²) in [5.74, 6) is 0. The second-order valence-electron chi connectivity index (χ2n) is 3.33. The van der Waals surface area contributed by atoms with E-state index < -0.39 is 0 Å². The third kappa shape index (κ3) is 2.15. The Morgan fingerprint density at radius 2 is 1.45 bits per heavy atom. The highest BCUT2D eigenvalue weighted by Gasteiger charge is 2.31. The van der Waals surface area contributed by atoms with Crippen molar-refractivity contribution in [1.82, 2.24) is 0 Å². The first-order chi connectivity index (χ1) is 5.33. The summed E-state index contributed by atoms with van der Waals surface area (Å²) < 4.78 is 11.3. The Hall–Kier alpha value is -0.120. The molecule has 0 bridgehead atoms. The summed E-state index contributed by atoms with van der Waals surface area (Å²) in [6.07, 6.45) is 2.62. The lowest BCUT2D eigenvalue weighted by molar-refractivity contribution is -0.951. The first kappa shape index (κ1) is 8.97. The van der Waals surface area contributed by atoms with Crippen molar-refractivity contribution in [3.05, 3.63) is 0 Å². The number of hydrogen-bond acceptors (Lipinski definition) is 2. The maximum absolute atomic E-state index is 5.17. The van der Waals surface area contributed by atoms with E-state index in [-0.39, 0.29) is 0 Å². The van der Waals surface area contributed by atoms with Crippen molar-refractivity contribution in [3.8, 4) is 0 Å². The fraction of sp³-hybridized carbons (Fsp3) is 1.00. The van der Waals surface area contributed by atoms with Crippen LogP contribution in [0.3, 0.4) is 0 Å². The molecule has 0 N–H and O–H groups in total. The van der Waals surface area contributed by atoms with Crippen molar-refractivity contribution in [1.29, 1.82) is 0 Å². The van der Waals surface area contributed by atoms with Crippen LogP contribution in [-0.2, 0) is 9.47 Å². The molecule has 66 valence electrons. The van der Waals surface area contributed by atoms with E-state index in [0.29, 0.717) is 0 Å². The van der Waals surface area contributed by atoms with Gasteiger partial charge in [-0.05, 0) is 0 Å². The number of rotatable bonds is 4. The van der Waals surface area contributed by atoms with Crippen molar-refractivity contribution in [2.45, 2.75) is 12.8 Å². The molecule has 11 heavy (non-hydrogen) atoms. The van der Waals surface area contributed by atoms with E-state index in [1.807, 2.05) is 0 Å². The first-order valence-electron chi connectivity index (χ1n) is 4.16. The van der Waals surface area contributed by atoms with Gasteiger partial charge in [0.1, 0.15) is 0 Å². The second kappa shape index (κ2) is 4.04. The predicted molar refractivity (Wildman–Crippen MR) is 43.0 cm³/mol. The molecular weight excluding hydrogens is 142 g/mol. The van der Waals surface area contributed by atoms with E-state index >= 15 is 0 Å². The van der Waals surface area contributed by atoms with Gasteiger partial charge in [-0.25, -0.2) is 0 Å². The Bertz CT molecular complexity index is 103. The van der Waals surface area contributed by atoms with Gasteiger partial charge < -0.3 is 9.47 Å². The fourth-order valence-electron chi connectivity index (χ4n) is 1.85. The molecule has 0 unspecified atom stereocenters. The first-order valence-corrected chi connectivity index (χ1v) is 4.16. The molecule has 0 atom stereocenters. The number of likely N-dealkylation sites (tertiary alicyclic amines) is 1. The maximum atomic E-state index is 5.17. The van der Waals surface area contributed by atoms with Gasteiger partial charge in [-0.3, -0.25) is 4.48 Å². The lowest BCUT2D eigenvalue weighted by Gasteiger charge is -2.31. The minimum atomic E-state index is 0.799. The molecule has 0 aliphatic carbocycles. The van der Waals surface area contributed by atoms with E-state index in [1.165, 1.54) is 25.9 Å². The third-order valence-electron chi connectivity index (χ3n) is 2.32. The van der Waals surface area contributed by atoms with Crippen LogP contribution in [0.5, 0.6) is 0 Å². The summed E-state index contributed by atoms with van der Waals surface area (Å²) in [4.78, 5) is 0. The number of nitrogens with zero attached hydrogens (tertiary/aromatic N) is 1. The van der Waals surface area contributed by atoms with Crippen LogP contribution in [0.1, 0.15) is 12.8 Å². The average molecular weight is 160 g/mol. The lowest BCUT2D eigenvalue weighted by Crippen LogP contribution is -2.47. The van der Waals surface area contributed by atoms with Gasteiger partial charge in [-0.15, -0.1) is 0 Å². The Morgan fingerprint density at radius 3 is 1.82 bits per heavy atom. The normalized spacial score (nSPS) is 22.4. The Labute approximate surface area is 68.5 Å². The van der Waals surface area contributed by atoms with Crippen molar-refractivity contribution < 1.29 is 14.0 Å². The molecule has 0 amide bonds. The molecule has 0 radical (unpaired) electrons. The highest BCUT2D eigenvalue weighted by atomic mass is 16.5. The number of quaternary nitrogens is 1. The molecule has 1 aliphatic rings. The van der Waals surface area contributed by atoms with Gasteiger partial charge in [0.05, 0.1) is 13.1 Å². The van der Waals surface area contributed by atoms with Crippen molar-refractivity contribution in [3.63, 3.8) is 0 Å². The van der Waals surface area contributed by atoms with Crippen LogP contribution in [0.15, 0.2) is 0 Å². The van der Waals surface area contributed by atoms with E-state index in [0.717, 1.165) is 17.9 Å². The van der Waals surface area contributed by atoms with Gasteiger partial charge in [0.25, 0.3) is 0 Å². The van der Waals surface area contributed by atoms with Crippen LogP contribution in [0, 0.1) is 0 Å². The minimum Gasteiger partial charge on any atom is -0.335 e. The van der Waals surface area contributed by atoms with Crippen LogP contribution in [0.4, 0.5) is 0 Å². The van der Waals surface area contributed by atoms with E-state index in [2.05, 4.69) is 0 Å². The third-order valence-corrected chi connectivity index (χ3v) is 2.32. The lowest BCUT2D eigenvalue weighted by atomic mass is 10.4. The summed E-state index contributed by atoms with van der Waals surface area (Å²) in [5.41, 5.74) is 0. The Balaban J connectivity index is 2.40. The molecule has 1 fully saturated rings. The minimum absolute atomic E-state index is 0.799. The number of methoxy groups -OCH3 is 2. The van der Waals surface area contributed by atoms with Crippen LogP contribution >= 0.6 is 0 Å². The summed E-state index contributed by atoms with van der Waals surface area (Å²) in [5, 5.41) is 0. The van der Waals surface area contributed by atoms with Crippen molar-refractivity contribution in [2.24, 2.45) is 0 Å². The van der Waals surface area contributed by atoms with E-state index in [1.54, 1.807) is 14.2 Å². The summed E-state index contributed by atoms with van der Waals surface area (Å²) in [6, 6.07) is 0. The zero-order valence-electron chi connectivity index (χ0n) is 7.51. The van der Waals surface area contributed by atoms with Crippen molar-refractivity contribution in [2.75, 3.05) is 40.8 Å². The quantitative estimate of drug-likeness (QED) is 0.566. The van der Waals surface area contributed by atoms with Crippen LogP contribution in [0.2, 0.25) is 0 Å². The molecule has 0 spiro atoms. The molecule has 3 nitrogen and oxygen atoms in total. The zero-order valence-corrected chi connectivity index (χ0v) is 7.51. The Kier molecular flexibility index (Phi) is 3.30. The molecule has 0 saturated carbocycles. The summed E-state index contributed by atoms with van der Waals surface area (Å²) in [6.45, 7) is 4.02. The van der Waals surface area contributed by atoms with Gasteiger partial charge in [0.2, 0.25) is 0 Å². The van der Waals surface area contributed by atoms with Gasteiger partial charge in [0, 0.05) is 27.1 Å². The van der Waals surface area contributed by atoms with E-state index in [9.17, 15) is 0 Å². The predicted octanol–water partition coefficient (Wildman–Crippen LogP) is 0.805. The van der Waals surface area contributed by atoms with Crippen LogP contribution in [0.25, 0.3) is 0 Å². The zero-order chi connectivity index (χ0) is 8.16. The highest BCUT2D eigenvalue weighted by Crippen LogP contribution is 2.18. The second-order valence-corrected chi connectivity index (χ2v) is 3.33. The monoisotopic (exact) mass is 160 g/mol. The number of hydrogen-bond donors (Lipinski definition) is 0. The highest BCUT2D eigenvalue weighted by molar-refractivity contribution is 4.49. The molecule has 1 heterocycles. The molecule has 1 saturated heterocycles. The van der Waals surface area contributed by atoms with Gasteiger partial charge in [-0.2, -0.15) is 0 Å². The molecular formula is C8H18NO2+. The SMILES string of the molecule is COC[N+]1(COC)CCCC1. The maximum Gasteiger partial charge on any atom is 0.184 e. The van der Waals surface area contributed by atoms with E-state index in [4.69, 9.17) is 9.47 Å². The topological polar surface area (TPSA) is 18.5 Å². The van der Waals surface area contributed by atoms with Crippen LogP contribution in [-0.4, -0.2) is 45.3 Å². The molecule has 3 heteroatoms. The standard InChI is InChI=1S/C8H18NO2/c1-10-7-9(8-11-2)5-3-4-6-9/h3-8H2,1-2H3/q+1.